The van der Waals surface area contributed by atoms with Gasteiger partial charge in [-0.05, 0) is 42.3 Å². The molecule has 0 amide bonds. The van der Waals surface area contributed by atoms with Gasteiger partial charge in [0.25, 0.3) is 0 Å². The van der Waals surface area contributed by atoms with Gasteiger partial charge in [0.15, 0.2) is 17.2 Å². The molecule has 2 aromatic carbocycles. The fourth-order valence-electron chi connectivity index (χ4n) is 2.51. The van der Waals surface area contributed by atoms with E-state index in [9.17, 15) is 9.59 Å². The zero-order valence-electron chi connectivity index (χ0n) is 15.8. The van der Waals surface area contributed by atoms with Crippen LogP contribution in [0.4, 0.5) is 0 Å². The van der Waals surface area contributed by atoms with Gasteiger partial charge in [0.05, 0.1) is 7.11 Å². The summed E-state index contributed by atoms with van der Waals surface area (Å²) in [6.45, 7) is 3.32. The summed E-state index contributed by atoms with van der Waals surface area (Å²) < 4.78 is 15.5. The lowest BCUT2D eigenvalue weighted by atomic mass is 10.1. The van der Waals surface area contributed by atoms with Gasteiger partial charge < -0.3 is 14.2 Å². The van der Waals surface area contributed by atoms with Crippen molar-refractivity contribution in [1.29, 1.82) is 0 Å². The van der Waals surface area contributed by atoms with Gasteiger partial charge >= 0.3 is 11.9 Å². The molecule has 0 N–H and O–H groups in total. The van der Waals surface area contributed by atoms with Crippen LogP contribution in [0.1, 0.15) is 23.6 Å². The van der Waals surface area contributed by atoms with Crippen LogP contribution >= 0.6 is 0 Å². The summed E-state index contributed by atoms with van der Waals surface area (Å²) in [5, 5.41) is 0. The van der Waals surface area contributed by atoms with Crippen molar-refractivity contribution in [2.75, 3.05) is 7.11 Å². The lowest BCUT2D eigenvalue weighted by Gasteiger charge is -2.08. The second kappa shape index (κ2) is 8.35. The molecule has 0 bridgehead atoms. The van der Waals surface area contributed by atoms with E-state index in [-0.39, 0.29) is 11.6 Å². The number of hydrogen-bond acceptors (Lipinski definition) is 6. The minimum absolute atomic E-state index is 0.172. The summed E-state index contributed by atoms with van der Waals surface area (Å²) in [5.74, 6) is -0.0824. The number of carbonyl (C=O) groups excluding carboxylic acids is 2. The third-order valence-electron chi connectivity index (χ3n) is 3.88. The molecule has 0 spiro atoms. The van der Waals surface area contributed by atoms with Crippen LogP contribution in [0.25, 0.3) is 12.2 Å². The molecule has 3 rings (SSSR count). The number of carbonyl (C=O) groups is 2. The molecule has 0 fully saturated rings. The highest BCUT2D eigenvalue weighted by Crippen LogP contribution is 2.29. The number of aliphatic imine (C=N–C) groups is 1. The van der Waals surface area contributed by atoms with Crippen LogP contribution in [0.3, 0.4) is 0 Å². The molecule has 2 aromatic rings. The van der Waals surface area contributed by atoms with E-state index in [4.69, 9.17) is 14.2 Å². The molecule has 6 nitrogen and oxygen atoms in total. The van der Waals surface area contributed by atoms with Gasteiger partial charge in [-0.25, -0.2) is 9.79 Å². The summed E-state index contributed by atoms with van der Waals surface area (Å²) in [7, 11) is 1.47. The van der Waals surface area contributed by atoms with Crippen molar-refractivity contribution in [3.63, 3.8) is 0 Å². The van der Waals surface area contributed by atoms with Crippen molar-refractivity contribution in [1.82, 2.24) is 0 Å². The van der Waals surface area contributed by atoms with Crippen molar-refractivity contribution in [2.45, 2.75) is 13.8 Å². The minimum Gasteiger partial charge on any atom is -0.493 e. The van der Waals surface area contributed by atoms with Crippen LogP contribution in [0.5, 0.6) is 11.5 Å². The van der Waals surface area contributed by atoms with E-state index >= 15 is 0 Å². The zero-order chi connectivity index (χ0) is 20.1. The molecule has 0 saturated carbocycles. The van der Waals surface area contributed by atoms with Crippen molar-refractivity contribution in [3.8, 4) is 11.5 Å². The molecular weight excluding hydrogens is 358 g/mol. The number of esters is 2. The quantitative estimate of drug-likeness (QED) is 0.448. The van der Waals surface area contributed by atoms with E-state index in [0.29, 0.717) is 17.1 Å². The summed E-state index contributed by atoms with van der Waals surface area (Å²) >= 11 is 0. The Morgan fingerprint density at radius 1 is 1.04 bits per heavy atom. The maximum Gasteiger partial charge on any atom is 0.363 e. The topological polar surface area (TPSA) is 74.2 Å². The summed E-state index contributed by atoms with van der Waals surface area (Å²) in [6, 6.07) is 12.9. The van der Waals surface area contributed by atoms with Crippen molar-refractivity contribution in [3.05, 3.63) is 70.9 Å². The normalized spacial score (nSPS) is 14.9. The Hall–Kier alpha value is -3.67. The van der Waals surface area contributed by atoms with Gasteiger partial charge in [0.2, 0.25) is 5.90 Å². The predicted octanol–water partition coefficient (Wildman–Crippen LogP) is 3.94. The van der Waals surface area contributed by atoms with Gasteiger partial charge in [-0.15, -0.1) is 0 Å². The number of nitrogens with zero attached hydrogens (tertiary/aromatic N) is 1. The Bertz CT molecular complexity index is 1000. The van der Waals surface area contributed by atoms with E-state index in [2.05, 4.69) is 4.99 Å². The lowest BCUT2D eigenvalue weighted by molar-refractivity contribution is -0.132. The number of ether oxygens (including phenoxy) is 3. The van der Waals surface area contributed by atoms with Crippen LogP contribution in [0.2, 0.25) is 0 Å². The Labute approximate surface area is 162 Å². The first-order valence-electron chi connectivity index (χ1n) is 8.58. The van der Waals surface area contributed by atoms with Gasteiger partial charge in [-0.3, -0.25) is 4.79 Å². The van der Waals surface area contributed by atoms with E-state index in [0.717, 1.165) is 5.56 Å². The highest BCUT2D eigenvalue weighted by Gasteiger charge is 2.21. The van der Waals surface area contributed by atoms with Crippen LogP contribution in [0.15, 0.2) is 59.2 Å². The van der Waals surface area contributed by atoms with Crippen LogP contribution in [-0.2, 0) is 14.3 Å². The molecule has 0 atom stereocenters. The van der Waals surface area contributed by atoms with Crippen molar-refractivity contribution in [2.24, 2.45) is 4.99 Å². The average Bonchev–Trinajstić information content (AvgIpc) is 3.01. The molecule has 1 heterocycles. The summed E-state index contributed by atoms with van der Waals surface area (Å²) in [6.07, 6.45) is 5.05. The third kappa shape index (κ3) is 4.73. The molecule has 0 aliphatic carbocycles. The van der Waals surface area contributed by atoms with Gasteiger partial charge in [0, 0.05) is 13.0 Å². The lowest BCUT2D eigenvalue weighted by Crippen LogP contribution is -2.03. The smallest absolute Gasteiger partial charge is 0.363 e. The molecule has 1 aliphatic rings. The standard InChI is InChI=1S/C22H19NO5/c1-14-4-6-16(7-5-14)9-11-21-23-18(22(25)28-21)12-17-8-10-19(27-15(2)24)20(13-17)26-3/h4-13H,1-3H3/b11-9+,18-12+. The van der Waals surface area contributed by atoms with Crippen molar-refractivity contribution < 1.29 is 23.8 Å². The SMILES string of the molecule is COc1cc(/C=C2N=C(/C=C/c3ccc(C)cc3)OC/2=O)ccc1OC(C)=O. The molecule has 0 unspecified atom stereocenters. The largest absolute Gasteiger partial charge is 0.493 e. The monoisotopic (exact) mass is 377 g/mol. The van der Waals surface area contributed by atoms with Crippen LogP contribution < -0.4 is 9.47 Å². The molecular formula is C22H19NO5. The molecule has 1 aliphatic heterocycles. The number of aryl methyl sites for hydroxylation is 1. The van der Waals surface area contributed by atoms with E-state index < -0.39 is 11.9 Å². The number of methoxy groups -OCH3 is 1. The van der Waals surface area contributed by atoms with E-state index in [1.807, 2.05) is 37.3 Å². The fraction of sp³-hybridized carbons (Fsp3) is 0.136. The number of benzene rings is 2. The Morgan fingerprint density at radius 2 is 1.75 bits per heavy atom. The van der Waals surface area contributed by atoms with Gasteiger partial charge in [0.1, 0.15) is 0 Å². The first-order chi connectivity index (χ1) is 13.4. The highest BCUT2D eigenvalue weighted by molar-refractivity contribution is 6.11. The first-order valence-corrected chi connectivity index (χ1v) is 8.58. The fourth-order valence-corrected chi connectivity index (χ4v) is 2.51. The molecule has 6 heteroatoms. The zero-order valence-corrected chi connectivity index (χ0v) is 15.8. The number of cyclic esters (lactones) is 1. The highest BCUT2D eigenvalue weighted by atomic mass is 16.6. The second-order valence-electron chi connectivity index (χ2n) is 6.12. The second-order valence-corrected chi connectivity index (χ2v) is 6.12. The van der Waals surface area contributed by atoms with Crippen molar-refractivity contribution >= 4 is 30.0 Å². The van der Waals surface area contributed by atoms with Gasteiger partial charge in [-0.1, -0.05) is 35.9 Å². The molecule has 28 heavy (non-hydrogen) atoms. The summed E-state index contributed by atoms with van der Waals surface area (Å²) in [4.78, 5) is 27.4. The Morgan fingerprint density at radius 3 is 2.43 bits per heavy atom. The summed E-state index contributed by atoms with van der Waals surface area (Å²) in [5.41, 5.74) is 2.98. The predicted molar refractivity (Wildman–Crippen MR) is 106 cm³/mol. The van der Waals surface area contributed by atoms with E-state index in [1.54, 1.807) is 30.4 Å². The maximum atomic E-state index is 12.1. The number of hydrogen-bond donors (Lipinski definition) is 0. The molecule has 0 radical (unpaired) electrons. The molecule has 0 aromatic heterocycles. The molecule has 0 saturated heterocycles. The first kappa shape index (κ1) is 19.1. The van der Waals surface area contributed by atoms with Crippen LogP contribution in [-0.4, -0.2) is 24.9 Å². The molecule has 142 valence electrons. The van der Waals surface area contributed by atoms with Gasteiger partial charge in [-0.2, -0.15) is 0 Å². The number of rotatable bonds is 5. The van der Waals surface area contributed by atoms with Crippen LogP contribution in [0, 0.1) is 6.92 Å². The third-order valence-corrected chi connectivity index (χ3v) is 3.88. The Balaban J connectivity index is 1.80. The maximum absolute atomic E-state index is 12.1. The Kier molecular flexibility index (Phi) is 5.69. The van der Waals surface area contributed by atoms with E-state index in [1.165, 1.54) is 19.6 Å². The minimum atomic E-state index is -0.536. The average molecular weight is 377 g/mol.